The van der Waals surface area contributed by atoms with Crippen LogP contribution >= 0.6 is 11.6 Å². The molecule has 7 nitrogen and oxygen atoms in total. The molecule has 190 valence electrons. The molecule has 3 aliphatic heterocycles. The summed E-state index contributed by atoms with van der Waals surface area (Å²) in [4.78, 5) is 22.5. The Kier molecular flexibility index (Phi) is 6.12. The molecule has 1 amide bonds. The average Bonchev–Trinajstić information content (AvgIpc) is 3.47. The zero-order valence-corrected chi connectivity index (χ0v) is 21.5. The molecular weight excluding hydrogens is 481 g/mol. The van der Waals surface area contributed by atoms with Crippen LogP contribution in [0.1, 0.15) is 72.8 Å². The van der Waals surface area contributed by atoms with Gasteiger partial charge in [-0.05, 0) is 57.7 Å². The summed E-state index contributed by atoms with van der Waals surface area (Å²) in [5.41, 5.74) is 3.55. The van der Waals surface area contributed by atoms with E-state index in [1.165, 1.54) is 37.8 Å². The predicted molar refractivity (Wildman–Crippen MR) is 135 cm³/mol. The first-order valence-corrected chi connectivity index (χ1v) is 13.3. The van der Waals surface area contributed by atoms with Crippen LogP contribution in [0.4, 0.5) is 4.39 Å². The summed E-state index contributed by atoms with van der Waals surface area (Å²) in [7, 11) is 0. The molecule has 0 radical (unpaired) electrons. The number of aromatic nitrogens is 3. The smallest absolute Gasteiger partial charge is 0.258 e. The number of piperidine rings is 1. The second-order valence-electron chi connectivity index (χ2n) is 10.4. The molecule has 6 rings (SSSR count). The fraction of sp³-hybridized carbons (Fsp3) is 0.519. The topological polar surface area (TPSA) is 63.0 Å². The maximum Gasteiger partial charge on any atom is 0.258 e. The van der Waals surface area contributed by atoms with E-state index in [2.05, 4.69) is 21.9 Å². The summed E-state index contributed by atoms with van der Waals surface area (Å²) in [6, 6.07) is 5.27. The van der Waals surface area contributed by atoms with Crippen molar-refractivity contribution in [3.8, 4) is 5.75 Å². The third kappa shape index (κ3) is 4.14. The van der Waals surface area contributed by atoms with Gasteiger partial charge in [0, 0.05) is 23.7 Å². The summed E-state index contributed by atoms with van der Waals surface area (Å²) in [5, 5.41) is 5.13. The zero-order valence-electron chi connectivity index (χ0n) is 20.7. The highest BCUT2D eigenvalue weighted by molar-refractivity contribution is 6.31. The van der Waals surface area contributed by atoms with E-state index in [1.54, 1.807) is 21.7 Å². The number of carbonyl (C=O) groups excluding carboxylic acids is 1. The van der Waals surface area contributed by atoms with Crippen molar-refractivity contribution in [2.45, 2.75) is 83.6 Å². The number of ether oxygens (including phenoxy) is 1. The van der Waals surface area contributed by atoms with Crippen LogP contribution in [0.2, 0.25) is 5.02 Å². The van der Waals surface area contributed by atoms with Gasteiger partial charge in [-0.1, -0.05) is 24.9 Å². The minimum atomic E-state index is -0.399. The lowest BCUT2D eigenvalue weighted by Gasteiger charge is -2.39. The first-order chi connectivity index (χ1) is 17.4. The molecule has 0 saturated carbocycles. The van der Waals surface area contributed by atoms with Crippen LogP contribution < -0.4 is 4.74 Å². The molecule has 1 aromatic carbocycles. The van der Waals surface area contributed by atoms with Crippen molar-refractivity contribution in [1.82, 2.24) is 24.4 Å². The number of rotatable bonds is 6. The number of benzene rings is 1. The van der Waals surface area contributed by atoms with Gasteiger partial charge < -0.3 is 9.64 Å². The fourth-order valence-corrected chi connectivity index (χ4v) is 6.27. The molecule has 0 spiro atoms. The van der Waals surface area contributed by atoms with Gasteiger partial charge in [-0.25, -0.2) is 13.9 Å². The van der Waals surface area contributed by atoms with Crippen molar-refractivity contribution in [3.63, 3.8) is 0 Å². The zero-order chi connectivity index (χ0) is 25.0. The average molecular weight is 512 g/mol. The molecule has 2 atom stereocenters. The van der Waals surface area contributed by atoms with Crippen LogP contribution in [0.25, 0.3) is 5.65 Å². The van der Waals surface area contributed by atoms with Gasteiger partial charge in [0.2, 0.25) is 0 Å². The summed E-state index contributed by atoms with van der Waals surface area (Å²) in [6.07, 6.45) is 8.37. The van der Waals surface area contributed by atoms with Crippen LogP contribution in [0.3, 0.4) is 0 Å². The number of hydrogen-bond donors (Lipinski definition) is 0. The third-order valence-corrected chi connectivity index (χ3v) is 8.35. The first kappa shape index (κ1) is 23.7. The van der Waals surface area contributed by atoms with E-state index in [0.29, 0.717) is 47.2 Å². The molecule has 9 heteroatoms. The molecule has 2 aromatic heterocycles. The molecule has 5 heterocycles. The minimum absolute atomic E-state index is 0.00867. The molecule has 36 heavy (non-hydrogen) atoms. The Labute approximate surface area is 215 Å². The van der Waals surface area contributed by atoms with Gasteiger partial charge in [0.05, 0.1) is 41.3 Å². The number of unbranched alkanes of at least 4 members (excludes halogenated alkanes) is 1. The number of amides is 1. The molecule has 0 N–H and O–H groups in total. The normalized spacial score (nSPS) is 23.4. The van der Waals surface area contributed by atoms with E-state index in [4.69, 9.17) is 16.3 Å². The summed E-state index contributed by atoms with van der Waals surface area (Å²) in [6.45, 7) is 5.97. The van der Waals surface area contributed by atoms with E-state index in [1.807, 2.05) is 6.92 Å². The van der Waals surface area contributed by atoms with Crippen molar-refractivity contribution in [2.75, 3.05) is 6.54 Å². The highest BCUT2D eigenvalue weighted by Crippen LogP contribution is 2.38. The standard InChI is InChI=1S/C27H31ClFN5O2/c1-3-4-9-33-18-6-7-19(33)12-20(11-18)36-25-10-17(29)5-8-21(25)27(35)32-13-22-24(15-32)31-34-14-23(28)16(2)30-26(22)34/h5,8,10,14,18-20H,3-4,6-7,9,11-13,15H2,1-2H3. The Morgan fingerprint density at radius 1 is 1.22 bits per heavy atom. The molecule has 2 fully saturated rings. The fourth-order valence-electron chi connectivity index (χ4n) is 6.13. The van der Waals surface area contributed by atoms with Crippen molar-refractivity contribution >= 4 is 23.2 Å². The molecule has 2 saturated heterocycles. The summed E-state index contributed by atoms with van der Waals surface area (Å²) < 4.78 is 22.3. The highest BCUT2D eigenvalue weighted by atomic mass is 35.5. The number of carbonyl (C=O) groups is 1. The maximum atomic E-state index is 14.3. The van der Waals surface area contributed by atoms with Gasteiger partial charge in [0.25, 0.3) is 5.91 Å². The number of hydrogen-bond acceptors (Lipinski definition) is 5. The van der Waals surface area contributed by atoms with Crippen molar-refractivity contribution in [3.05, 3.63) is 57.8 Å². The van der Waals surface area contributed by atoms with Crippen LogP contribution in [0.15, 0.2) is 24.4 Å². The Balaban J connectivity index is 1.20. The molecule has 3 aromatic rings. The molecule has 2 bridgehead atoms. The van der Waals surface area contributed by atoms with Gasteiger partial charge in [0.15, 0.2) is 5.65 Å². The molecule has 0 aliphatic carbocycles. The van der Waals surface area contributed by atoms with E-state index in [-0.39, 0.29) is 12.0 Å². The van der Waals surface area contributed by atoms with E-state index < -0.39 is 5.82 Å². The largest absolute Gasteiger partial charge is 0.489 e. The SMILES string of the molecule is CCCCN1C2CCC1CC(Oc1cc(F)ccc1C(=O)N1Cc3nn4cc(Cl)c(C)nc4c3C1)C2. The van der Waals surface area contributed by atoms with E-state index in [0.717, 1.165) is 36.3 Å². The van der Waals surface area contributed by atoms with Crippen molar-refractivity contribution in [1.29, 1.82) is 0 Å². The number of halogens is 2. The van der Waals surface area contributed by atoms with Crippen LogP contribution in [-0.4, -0.2) is 55.0 Å². The van der Waals surface area contributed by atoms with Gasteiger partial charge in [-0.2, -0.15) is 5.10 Å². The monoisotopic (exact) mass is 511 g/mol. The van der Waals surface area contributed by atoms with Crippen molar-refractivity contribution < 1.29 is 13.9 Å². The van der Waals surface area contributed by atoms with Gasteiger partial charge in [-0.3, -0.25) is 9.69 Å². The summed E-state index contributed by atoms with van der Waals surface area (Å²) >= 11 is 6.20. The summed E-state index contributed by atoms with van der Waals surface area (Å²) in [5.74, 6) is -0.245. The second kappa shape index (κ2) is 9.30. The van der Waals surface area contributed by atoms with Gasteiger partial charge >= 0.3 is 0 Å². The Morgan fingerprint density at radius 2 is 2.00 bits per heavy atom. The lowest BCUT2D eigenvalue weighted by atomic mass is 9.99. The third-order valence-electron chi connectivity index (χ3n) is 7.97. The first-order valence-electron chi connectivity index (χ1n) is 13.0. The molecule has 2 unspecified atom stereocenters. The number of aryl methyl sites for hydroxylation is 1. The molecule has 3 aliphatic rings. The second-order valence-corrected chi connectivity index (χ2v) is 10.8. The lowest BCUT2D eigenvalue weighted by Crippen LogP contribution is -2.46. The van der Waals surface area contributed by atoms with E-state index >= 15 is 0 Å². The van der Waals surface area contributed by atoms with Crippen molar-refractivity contribution in [2.24, 2.45) is 0 Å². The van der Waals surface area contributed by atoms with Crippen LogP contribution in [0.5, 0.6) is 5.75 Å². The number of nitrogens with zero attached hydrogens (tertiary/aromatic N) is 5. The highest BCUT2D eigenvalue weighted by Gasteiger charge is 2.41. The Morgan fingerprint density at radius 3 is 2.75 bits per heavy atom. The quantitative estimate of drug-likeness (QED) is 0.457. The predicted octanol–water partition coefficient (Wildman–Crippen LogP) is 5.16. The van der Waals surface area contributed by atoms with Crippen LogP contribution in [0, 0.1) is 12.7 Å². The van der Waals surface area contributed by atoms with Gasteiger partial charge in [0.1, 0.15) is 17.7 Å². The Hall–Kier alpha value is -2.71. The number of fused-ring (bicyclic) bond motifs is 5. The molecular formula is C27H31ClFN5O2. The lowest BCUT2D eigenvalue weighted by molar-refractivity contribution is 0.0471. The Bertz CT molecular complexity index is 1310. The maximum absolute atomic E-state index is 14.3. The van der Waals surface area contributed by atoms with E-state index in [9.17, 15) is 9.18 Å². The van der Waals surface area contributed by atoms with Crippen LogP contribution in [-0.2, 0) is 13.1 Å². The minimum Gasteiger partial charge on any atom is -0.489 e. The van der Waals surface area contributed by atoms with Gasteiger partial charge in [-0.15, -0.1) is 0 Å².